The Hall–Kier alpha value is -0.120. The van der Waals surface area contributed by atoms with E-state index in [9.17, 15) is 0 Å². The molecule has 0 saturated carbocycles. The summed E-state index contributed by atoms with van der Waals surface area (Å²) in [5.74, 6) is 1.57. The van der Waals surface area contributed by atoms with Crippen LogP contribution in [0.15, 0.2) is 0 Å². The Balaban J connectivity index is 1.75. The van der Waals surface area contributed by atoms with E-state index in [0.29, 0.717) is 6.04 Å². The third kappa shape index (κ3) is 2.92. The molecule has 0 spiro atoms. The molecule has 0 amide bonds. The van der Waals surface area contributed by atoms with Crippen LogP contribution in [0.2, 0.25) is 0 Å². The van der Waals surface area contributed by atoms with Crippen LogP contribution < -0.4 is 5.32 Å². The molecule has 0 aromatic carbocycles. The zero-order valence-corrected chi connectivity index (χ0v) is 10.0. The summed E-state index contributed by atoms with van der Waals surface area (Å²) < 4.78 is 5.53. The Morgan fingerprint density at radius 2 is 2.27 bits per heavy atom. The molecule has 2 fully saturated rings. The smallest absolute Gasteiger partial charge is 0.0506 e. The number of nitrogens with one attached hydrogen (secondary N) is 1. The number of hydrogen-bond donors (Lipinski definition) is 1. The van der Waals surface area contributed by atoms with Gasteiger partial charge in [0.2, 0.25) is 0 Å². The van der Waals surface area contributed by atoms with Crippen molar-refractivity contribution in [3.63, 3.8) is 0 Å². The highest BCUT2D eigenvalue weighted by Crippen LogP contribution is 2.20. The predicted octanol–water partition coefficient (Wildman–Crippen LogP) is 0.953. The Kier molecular flexibility index (Phi) is 4.00. The van der Waals surface area contributed by atoms with Gasteiger partial charge < -0.3 is 15.0 Å². The van der Waals surface area contributed by atoms with Crippen molar-refractivity contribution in [2.45, 2.75) is 25.8 Å². The first-order chi connectivity index (χ1) is 7.29. The fraction of sp³-hybridized carbons (Fsp3) is 1.00. The van der Waals surface area contributed by atoms with Gasteiger partial charge in [0.25, 0.3) is 0 Å². The molecule has 2 rings (SSSR count). The van der Waals surface area contributed by atoms with Crippen LogP contribution in [0.5, 0.6) is 0 Å². The molecule has 2 heterocycles. The minimum absolute atomic E-state index is 0.689. The second-order valence-electron chi connectivity index (χ2n) is 5.17. The van der Waals surface area contributed by atoms with Gasteiger partial charge in [0.15, 0.2) is 0 Å². The molecule has 0 aliphatic carbocycles. The van der Waals surface area contributed by atoms with E-state index in [4.69, 9.17) is 4.74 Å². The lowest BCUT2D eigenvalue weighted by atomic mass is 10.0. The van der Waals surface area contributed by atoms with Crippen LogP contribution in [0, 0.1) is 11.8 Å². The standard InChI is InChI=1S/C12H24N2O/c1-10-6-14(8-12(10)13-2)7-11-4-3-5-15-9-11/h10-13H,3-9H2,1-2H3. The molecule has 15 heavy (non-hydrogen) atoms. The Labute approximate surface area is 93.2 Å². The Bertz CT molecular complexity index is 192. The minimum atomic E-state index is 0.689. The fourth-order valence-corrected chi connectivity index (χ4v) is 2.91. The van der Waals surface area contributed by atoms with Gasteiger partial charge in [0, 0.05) is 32.3 Å². The quantitative estimate of drug-likeness (QED) is 0.754. The Morgan fingerprint density at radius 1 is 1.40 bits per heavy atom. The van der Waals surface area contributed by atoms with Crippen LogP contribution in [-0.4, -0.2) is 50.8 Å². The van der Waals surface area contributed by atoms with Gasteiger partial charge in [-0.05, 0) is 31.7 Å². The van der Waals surface area contributed by atoms with Crippen molar-refractivity contribution in [1.82, 2.24) is 10.2 Å². The van der Waals surface area contributed by atoms with E-state index in [0.717, 1.165) is 25.0 Å². The summed E-state index contributed by atoms with van der Waals surface area (Å²) in [4.78, 5) is 2.60. The summed E-state index contributed by atoms with van der Waals surface area (Å²) in [7, 11) is 2.08. The Morgan fingerprint density at radius 3 is 2.87 bits per heavy atom. The number of hydrogen-bond acceptors (Lipinski definition) is 3. The molecule has 2 aliphatic rings. The molecule has 88 valence electrons. The van der Waals surface area contributed by atoms with E-state index in [1.807, 2.05) is 0 Å². The van der Waals surface area contributed by atoms with Crippen molar-refractivity contribution in [1.29, 1.82) is 0 Å². The van der Waals surface area contributed by atoms with Gasteiger partial charge in [-0.2, -0.15) is 0 Å². The van der Waals surface area contributed by atoms with Crippen LogP contribution in [0.25, 0.3) is 0 Å². The molecule has 3 nitrogen and oxygen atoms in total. The second kappa shape index (κ2) is 5.28. The van der Waals surface area contributed by atoms with E-state index < -0.39 is 0 Å². The maximum atomic E-state index is 5.53. The minimum Gasteiger partial charge on any atom is -0.381 e. The molecule has 2 saturated heterocycles. The first kappa shape index (κ1) is 11.4. The van der Waals surface area contributed by atoms with Crippen LogP contribution in [0.4, 0.5) is 0 Å². The second-order valence-corrected chi connectivity index (χ2v) is 5.17. The third-order valence-electron chi connectivity index (χ3n) is 3.83. The first-order valence-electron chi connectivity index (χ1n) is 6.27. The molecule has 2 aliphatic heterocycles. The van der Waals surface area contributed by atoms with Crippen molar-refractivity contribution < 1.29 is 4.74 Å². The van der Waals surface area contributed by atoms with Crippen molar-refractivity contribution in [3.05, 3.63) is 0 Å². The van der Waals surface area contributed by atoms with Gasteiger partial charge in [-0.15, -0.1) is 0 Å². The van der Waals surface area contributed by atoms with E-state index >= 15 is 0 Å². The van der Waals surface area contributed by atoms with E-state index in [1.165, 1.54) is 32.5 Å². The number of rotatable bonds is 3. The van der Waals surface area contributed by atoms with E-state index in [2.05, 4.69) is 24.2 Å². The molecule has 0 bridgehead atoms. The van der Waals surface area contributed by atoms with Gasteiger partial charge in [-0.1, -0.05) is 6.92 Å². The van der Waals surface area contributed by atoms with E-state index in [1.54, 1.807) is 0 Å². The molecule has 0 aromatic heterocycles. The highest BCUT2D eigenvalue weighted by atomic mass is 16.5. The summed E-state index contributed by atoms with van der Waals surface area (Å²) in [5.41, 5.74) is 0. The monoisotopic (exact) mass is 212 g/mol. The zero-order chi connectivity index (χ0) is 10.7. The van der Waals surface area contributed by atoms with Crippen LogP contribution in [0.3, 0.4) is 0 Å². The van der Waals surface area contributed by atoms with Crippen molar-refractivity contribution >= 4 is 0 Å². The van der Waals surface area contributed by atoms with E-state index in [-0.39, 0.29) is 0 Å². The molecule has 0 aromatic rings. The van der Waals surface area contributed by atoms with Gasteiger partial charge in [-0.25, -0.2) is 0 Å². The van der Waals surface area contributed by atoms with Crippen LogP contribution in [-0.2, 0) is 4.74 Å². The normalized spacial score (nSPS) is 38.4. The lowest BCUT2D eigenvalue weighted by Crippen LogP contribution is -2.35. The number of ether oxygens (including phenoxy) is 1. The predicted molar refractivity (Wildman–Crippen MR) is 62.0 cm³/mol. The van der Waals surface area contributed by atoms with Crippen LogP contribution >= 0.6 is 0 Å². The molecular weight excluding hydrogens is 188 g/mol. The van der Waals surface area contributed by atoms with Gasteiger partial charge in [0.1, 0.15) is 0 Å². The SMILES string of the molecule is CNC1CN(CC2CCCOC2)CC1C. The van der Waals surface area contributed by atoms with Crippen molar-refractivity contribution in [3.8, 4) is 0 Å². The molecular formula is C12H24N2O. The first-order valence-corrected chi connectivity index (χ1v) is 6.27. The van der Waals surface area contributed by atoms with Gasteiger partial charge >= 0.3 is 0 Å². The summed E-state index contributed by atoms with van der Waals surface area (Å²) in [6.07, 6.45) is 2.61. The topological polar surface area (TPSA) is 24.5 Å². The van der Waals surface area contributed by atoms with Crippen molar-refractivity contribution in [2.75, 3.05) is 39.9 Å². The average Bonchev–Trinajstić information content (AvgIpc) is 2.60. The maximum absolute atomic E-state index is 5.53. The molecule has 3 heteroatoms. The highest BCUT2D eigenvalue weighted by molar-refractivity contribution is 4.86. The number of nitrogens with zero attached hydrogens (tertiary/aromatic N) is 1. The van der Waals surface area contributed by atoms with Gasteiger partial charge in [-0.3, -0.25) is 0 Å². The summed E-state index contributed by atoms with van der Waals surface area (Å²) in [6, 6.07) is 0.689. The fourth-order valence-electron chi connectivity index (χ4n) is 2.91. The average molecular weight is 212 g/mol. The number of likely N-dealkylation sites (tertiary alicyclic amines) is 1. The zero-order valence-electron chi connectivity index (χ0n) is 10.0. The number of likely N-dealkylation sites (N-methyl/N-ethyl adjacent to an activating group) is 1. The third-order valence-corrected chi connectivity index (χ3v) is 3.83. The molecule has 3 unspecified atom stereocenters. The maximum Gasteiger partial charge on any atom is 0.0506 e. The summed E-state index contributed by atoms with van der Waals surface area (Å²) in [6.45, 7) is 8.01. The lowest BCUT2D eigenvalue weighted by molar-refractivity contribution is 0.0412. The molecule has 1 N–H and O–H groups in total. The van der Waals surface area contributed by atoms with Crippen LogP contribution in [0.1, 0.15) is 19.8 Å². The molecule has 0 radical (unpaired) electrons. The lowest BCUT2D eigenvalue weighted by Gasteiger charge is -2.26. The molecule has 3 atom stereocenters. The largest absolute Gasteiger partial charge is 0.381 e. The summed E-state index contributed by atoms with van der Waals surface area (Å²) in [5, 5.41) is 3.41. The highest BCUT2D eigenvalue weighted by Gasteiger charge is 2.29. The summed E-state index contributed by atoms with van der Waals surface area (Å²) >= 11 is 0. The van der Waals surface area contributed by atoms with Gasteiger partial charge in [0.05, 0.1) is 6.61 Å². The van der Waals surface area contributed by atoms with Crippen molar-refractivity contribution in [2.24, 2.45) is 11.8 Å².